The van der Waals surface area contributed by atoms with Crippen LogP contribution in [-0.4, -0.2) is 32.7 Å². The molecule has 0 fully saturated rings. The van der Waals surface area contributed by atoms with Gasteiger partial charge in [0.2, 0.25) is 5.95 Å². The van der Waals surface area contributed by atoms with Gasteiger partial charge >= 0.3 is 5.97 Å². The van der Waals surface area contributed by atoms with Crippen molar-refractivity contribution >= 4 is 17.8 Å². The molecule has 0 saturated carbocycles. The van der Waals surface area contributed by atoms with Crippen molar-refractivity contribution in [3.8, 4) is 0 Å². The smallest absolute Gasteiger partial charge is 0.303 e. The summed E-state index contributed by atoms with van der Waals surface area (Å²) < 4.78 is 33.2. The Hall–Kier alpha value is -2.84. The number of carbonyl (C=O) groups excluding carboxylic acids is 2. The molecule has 1 N–H and O–H groups in total. The van der Waals surface area contributed by atoms with Crippen molar-refractivity contribution in [3.05, 3.63) is 41.2 Å². The lowest BCUT2D eigenvalue weighted by Gasteiger charge is -2.13. The SMILES string of the molecule is CC(=O)O[C@H](C)C(=O)Nc1nc2n(n1)C(c1cc(F)cc(F)c1)CC2. The summed E-state index contributed by atoms with van der Waals surface area (Å²) in [7, 11) is 0. The number of fused-ring (bicyclic) bond motifs is 1. The highest BCUT2D eigenvalue weighted by molar-refractivity contribution is 5.93. The molecule has 2 heterocycles. The Kier molecular flexibility index (Phi) is 4.47. The van der Waals surface area contributed by atoms with Crippen molar-refractivity contribution in [2.75, 3.05) is 5.32 Å². The van der Waals surface area contributed by atoms with E-state index in [0.717, 1.165) is 6.07 Å². The van der Waals surface area contributed by atoms with E-state index in [4.69, 9.17) is 4.74 Å². The third-order valence-electron chi connectivity index (χ3n) is 3.86. The predicted molar refractivity (Wildman–Crippen MR) is 82.7 cm³/mol. The Morgan fingerprint density at radius 3 is 2.64 bits per heavy atom. The van der Waals surface area contributed by atoms with Crippen LogP contribution in [0.2, 0.25) is 0 Å². The fraction of sp³-hybridized carbons (Fsp3) is 0.375. The molecule has 132 valence electrons. The quantitative estimate of drug-likeness (QED) is 0.852. The van der Waals surface area contributed by atoms with Gasteiger partial charge in [0.05, 0.1) is 6.04 Å². The molecular weight excluding hydrogens is 334 g/mol. The fourth-order valence-corrected chi connectivity index (χ4v) is 2.81. The van der Waals surface area contributed by atoms with Crippen LogP contribution in [-0.2, 0) is 20.7 Å². The number of anilines is 1. The van der Waals surface area contributed by atoms with E-state index >= 15 is 0 Å². The van der Waals surface area contributed by atoms with Crippen molar-refractivity contribution in [3.63, 3.8) is 0 Å². The number of amides is 1. The first-order chi connectivity index (χ1) is 11.8. The number of esters is 1. The van der Waals surface area contributed by atoms with E-state index in [1.54, 1.807) is 4.68 Å². The predicted octanol–water partition coefficient (Wildman–Crippen LogP) is 1.98. The summed E-state index contributed by atoms with van der Waals surface area (Å²) in [6, 6.07) is 2.96. The second-order valence-corrected chi connectivity index (χ2v) is 5.79. The first kappa shape index (κ1) is 17.0. The maximum Gasteiger partial charge on any atom is 0.303 e. The fourth-order valence-electron chi connectivity index (χ4n) is 2.81. The first-order valence-corrected chi connectivity index (χ1v) is 7.73. The lowest BCUT2D eigenvalue weighted by atomic mass is 10.0. The number of rotatable bonds is 4. The Morgan fingerprint density at radius 1 is 1.32 bits per heavy atom. The van der Waals surface area contributed by atoms with Gasteiger partial charge in [0.1, 0.15) is 17.5 Å². The summed E-state index contributed by atoms with van der Waals surface area (Å²) in [5.41, 5.74) is 0.451. The van der Waals surface area contributed by atoms with Crippen LogP contribution in [0.15, 0.2) is 18.2 Å². The molecule has 1 unspecified atom stereocenters. The largest absolute Gasteiger partial charge is 0.453 e. The van der Waals surface area contributed by atoms with Crippen LogP contribution in [0.3, 0.4) is 0 Å². The Morgan fingerprint density at radius 2 is 2.00 bits per heavy atom. The number of benzene rings is 1. The molecule has 0 spiro atoms. The molecule has 1 aromatic carbocycles. The molecule has 0 radical (unpaired) electrons. The van der Waals surface area contributed by atoms with E-state index in [1.165, 1.54) is 26.0 Å². The van der Waals surface area contributed by atoms with Gasteiger partial charge in [-0.2, -0.15) is 4.98 Å². The maximum absolute atomic E-state index is 13.4. The average molecular weight is 350 g/mol. The van der Waals surface area contributed by atoms with Crippen LogP contribution in [0.1, 0.15) is 37.7 Å². The second kappa shape index (κ2) is 6.58. The van der Waals surface area contributed by atoms with Gasteiger partial charge in [-0.05, 0) is 31.0 Å². The number of hydrogen-bond donors (Lipinski definition) is 1. The van der Waals surface area contributed by atoms with Gasteiger partial charge in [0.25, 0.3) is 5.91 Å². The number of halogens is 2. The van der Waals surface area contributed by atoms with Crippen LogP contribution >= 0.6 is 0 Å². The van der Waals surface area contributed by atoms with Crippen molar-refractivity contribution in [1.82, 2.24) is 14.8 Å². The van der Waals surface area contributed by atoms with Crippen molar-refractivity contribution in [1.29, 1.82) is 0 Å². The number of aryl methyl sites for hydroxylation is 1. The van der Waals surface area contributed by atoms with Crippen molar-refractivity contribution < 1.29 is 23.1 Å². The van der Waals surface area contributed by atoms with Crippen LogP contribution < -0.4 is 5.32 Å². The molecule has 1 aromatic heterocycles. The monoisotopic (exact) mass is 350 g/mol. The Balaban J connectivity index is 1.78. The molecule has 0 aliphatic carbocycles. The van der Waals surface area contributed by atoms with Gasteiger partial charge in [-0.25, -0.2) is 13.5 Å². The molecule has 25 heavy (non-hydrogen) atoms. The molecule has 1 aliphatic rings. The standard InChI is InChI=1S/C16H16F2N4O3/c1-8(25-9(2)23)15(24)20-16-19-14-4-3-13(22(14)21-16)10-5-11(17)7-12(18)6-10/h5-8,13H,3-4H2,1-2H3,(H,20,21,24)/t8-,13?/m1/s1. The minimum Gasteiger partial charge on any atom is -0.453 e. The van der Waals surface area contributed by atoms with Gasteiger partial charge in [-0.3, -0.25) is 14.9 Å². The Labute approximate surface area is 142 Å². The molecule has 2 aromatic rings. The van der Waals surface area contributed by atoms with Gasteiger partial charge in [0.15, 0.2) is 6.10 Å². The highest BCUT2D eigenvalue weighted by Gasteiger charge is 2.28. The number of carbonyl (C=O) groups is 2. The van der Waals surface area contributed by atoms with E-state index in [2.05, 4.69) is 15.4 Å². The van der Waals surface area contributed by atoms with Crippen LogP contribution in [0.25, 0.3) is 0 Å². The van der Waals surface area contributed by atoms with Gasteiger partial charge in [-0.15, -0.1) is 5.10 Å². The highest BCUT2D eigenvalue weighted by atomic mass is 19.1. The minimum absolute atomic E-state index is 0.0561. The third kappa shape index (κ3) is 3.65. The van der Waals surface area contributed by atoms with Crippen LogP contribution in [0.5, 0.6) is 0 Å². The van der Waals surface area contributed by atoms with E-state index in [1.807, 2.05) is 0 Å². The lowest BCUT2D eigenvalue weighted by molar-refractivity contribution is -0.150. The normalized spacial score (nSPS) is 17.0. The molecule has 7 nitrogen and oxygen atoms in total. The summed E-state index contributed by atoms with van der Waals surface area (Å²) in [5, 5.41) is 6.66. The van der Waals surface area contributed by atoms with Crippen LogP contribution in [0.4, 0.5) is 14.7 Å². The summed E-state index contributed by atoms with van der Waals surface area (Å²) in [4.78, 5) is 27.0. The average Bonchev–Trinajstić information content (AvgIpc) is 3.04. The minimum atomic E-state index is -0.982. The molecule has 1 amide bonds. The zero-order valence-electron chi connectivity index (χ0n) is 13.6. The van der Waals surface area contributed by atoms with Crippen LogP contribution in [0, 0.1) is 11.6 Å². The highest BCUT2D eigenvalue weighted by Crippen LogP contribution is 2.31. The first-order valence-electron chi connectivity index (χ1n) is 7.73. The molecule has 3 rings (SSSR count). The second-order valence-electron chi connectivity index (χ2n) is 5.79. The van der Waals surface area contributed by atoms with Crippen molar-refractivity contribution in [2.24, 2.45) is 0 Å². The number of aromatic nitrogens is 3. The van der Waals surface area contributed by atoms with E-state index in [-0.39, 0.29) is 12.0 Å². The number of hydrogen-bond acceptors (Lipinski definition) is 5. The van der Waals surface area contributed by atoms with E-state index < -0.39 is 29.6 Å². The number of nitrogens with zero attached hydrogens (tertiary/aromatic N) is 3. The molecule has 0 bridgehead atoms. The maximum atomic E-state index is 13.4. The molecular formula is C16H16F2N4O3. The van der Waals surface area contributed by atoms with Gasteiger partial charge in [-0.1, -0.05) is 0 Å². The summed E-state index contributed by atoms with van der Waals surface area (Å²) in [6.45, 7) is 2.63. The Bertz CT molecular complexity index is 817. The summed E-state index contributed by atoms with van der Waals surface area (Å²) in [5.74, 6) is -1.80. The van der Waals surface area contributed by atoms with Gasteiger partial charge in [0, 0.05) is 19.4 Å². The number of nitrogens with one attached hydrogen (secondary N) is 1. The van der Waals surface area contributed by atoms with Crippen molar-refractivity contribution in [2.45, 2.75) is 38.8 Å². The zero-order valence-corrected chi connectivity index (χ0v) is 13.6. The third-order valence-corrected chi connectivity index (χ3v) is 3.86. The molecule has 0 saturated heterocycles. The zero-order chi connectivity index (χ0) is 18.1. The molecule has 1 aliphatic heterocycles. The number of ether oxygens (including phenoxy) is 1. The summed E-state index contributed by atoms with van der Waals surface area (Å²) >= 11 is 0. The topological polar surface area (TPSA) is 86.1 Å². The van der Waals surface area contributed by atoms with E-state index in [9.17, 15) is 18.4 Å². The lowest BCUT2D eigenvalue weighted by Crippen LogP contribution is -2.29. The molecule has 2 atom stereocenters. The summed E-state index contributed by atoms with van der Waals surface area (Å²) in [6.07, 6.45) is 0.186. The van der Waals surface area contributed by atoms with E-state index in [0.29, 0.717) is 24.2 Å². The molecule has 9 heteroatoms. The van der Waals surface area contributed by atoms with Gasteiger partial charge < -0.3 is 4.74 Å².